The van der Waals surface area contributed by atoms with Crippen LogP contribution in [0.3, 0.4) is 0 Å². The maximum atomic E-state index is 11.7. The van der Waals surface area contributed by atoms with Gasteiger partial charge in [0.2, 0.25) is 0 Å². The van der Waals surface area contributed by atoms with Crippen LogP contribution in [0.15, 0.2) is 35.4 Å². The summed E-state index contributed by atoms with van der Waals surface area (Å²) < 4.78 is 0. The molecule has 82 valence electrons. The first kappa shape index (κ1) is 9.83. The largest absolute Gasteiger partial charge is 0.295 e. The summed E-state index contributed by atoms with van der Waals surface area (Å²) in [6.07, 6.45) is 3.93. The smallest absolute Gasteiger partial charge is 0.158 e. The molecule has 0 bridgehead atoms. The van der Waals surface area contributed by atoms with Gasteiger partial charge in [0.15, 0.2) is 5.78 Å². The number of benzene rings is 1. The summed E-state index contributed by atoms with van der Waals surface area (Å²) in [4.78, 5) is 11.7. The van der Waals surface area contributed by atoms with Crippen molar-refractivity contribution in [2.75, 3.05) is 0 Å². The van der Waals surface area contributed by atoms with Crippen LogP contribution in [0.25, 0.3) is 0 Å². The highest BCUT2D eigenvalue weighted by Gasteiger charge is 2.30. The van der Waals surface area contributed by atoms with Crippen molar-refractivity contribution in [3.63, 3.8) is 0 Å². The Morgan fingerprint density at radius 3 is 2.81 bits per heavy atom. The minimum Gasteiger partial charge on any atom is -0.295 e. The molecular formula is C15H16O. The highest BCUT2D eigenvalue weighted by Crippen LogP contribution is 2.43. The van der Waals surface area contributed by atoms with Crippen molar-refractivity contribution in [2.24, 2.45) is 0 Å². The lowest BCUT2D eigenvalue weighted by Gasteiger charge is -2.32. The molecule has 1 atom stereocenters. The second-order valence-electron chi connectivity index (χ2n) is 4.86. The fraction of sp³-hybridized carbons (Fsp3) is 0.400. The zero-order valence-electron chi connectivity index (χ0n) is 9.62. The zero-order chi connectivity index (χ0) is 11.1. The summed E-state index contributed by atoms with van der Waals surface area (Å²) in [5.74, 6) is 0.897. The van der Waals surface area contributed by atoms with Gasteiger partial charge in [-0.1, -0.05) is 29.8 Å². The molecule has 2 aliphatic rings. The average molecular weight is 212 g/mol. The van der Waals surface area contributed by atoms with Crippen LogP contribution in [0.5, 0.6) is 0 Å². The normalized spacial score (nSPS) is 24.1. The first-order valence-corrected chi connectivity index (χ1v) is 6.08. The maximum Gasteiger partial charge on any atom is 0.158 e. The van der Waals surface area contributed by atoms with Gasteiger partial charge in [0.05, 0.1) is 0 Å². The van der Waals surface area contributed by atoms with E-state index in [4.69, 9.17) is 0 Å². The van der Waals surface area contributed by atoms with Gasteiger partial charge >= 0.3 is 0 Å². The summed E-state index contributed by atoms with van der Waals surface area (Å²) >= 11 is 0. The molecule has 3 rings (SSSR count). The number of fused-ring (bicyclic) bond motifs is 3. The minimum absolute atomic E-state index is 0.366. The number of Topliss-reactive ketones (excluding diaryl/α,β-unsaturated/α-hetero) is 1. The van der Waals surface area contributed by atoms with E-state index in [0.717, 1.165) is 31.3 Å². The SMILES string of the molecule is CC1=C2CCc3ccccc3C2CCC1=O. The Balaban J connectivity index is 2.13. The van der Waals surface area contributed by atoms with Crippen molar-refractivity contribution >= 4 is 5.78 Å². The van der Waals surface area contributed by atoms with E-state index in [0.29, 0.717) is 11.7 Å². The van der Waals surface area contributed by atoms with Gasteiger partial charge in [-0.25, -0.2) is 0 Å². The van der Waals surface area contributed by atoms with E-state index in [1.165, 1.54) is 16.7 Å². The minimum atomic E-state index is 0.366. The van der Waals surface area contributed by atoms with Gasteiger partial charge in [-0.15, -0.1) is 0 Å². The lowest BCUT2D eigenvalue weighted by Crippen LogP contribution is -2.21. The summed E-state index contributed by atoms with van der Waals surface area (Å²) in [7, 11) is 0. The van der Waals surface area contributed by atoms with E-state index in [-0.39, 0.29) is 0 Å². The lowest BCUT2D eigenvalue weighted by atomic mass is 9.71. The Labute approximate surface area is 96.2 Å². The fourth-order valence-corrected chi connectivity index (χ4v) is 3.15. The van der Waals surface area contributed by atoms with Crippen LogP contribution in [0.4, 0.5) is 0 Å². The molecule has 2 aliphatic carbocycles. The molecule has 0 fully saturated rings. The maximum absolute atomic E-state index is 11.7. The molecule has 0 N–H and O–H groups in total. The molecule has 0 saturated heterocycles. The molecule has 1 unspecified atom stereocenters. The number of rotatable bonds is 0. The molecule has 16 heavy (non-hydrogen) atoms. The Morgan fingerprint density at radius 2 is 1.94 bits per heavy atom. The number of aryl methyl sites for hydroxylation is 1. The summed E-state index contributed by atoms with van der Waals surface area (Å²) in [5.41, 5.74) is 5.41. The molecule has 0 aromatic heterocycles. The third-order valence-electron chi connectivity index (χ3n) is 4.07. The number of carbonyl (C=O) groups is 1. The molecular weight excluding hydrogens is 196 g/mol. The van der Waals surface area contributed by atoms with E-state index in [2.05, 4.69) is 24.3 Å². The topological polar surface area (TPSA) is 17.1 Å². The number of carbonyl (C=O) groups excluding carboxylic acids is 1. The van der Waals surface area contributed by atoms with Crippen LogP contribution in [-0.4, -0.2) is 5.78 Å². The van der Waals surface area contributed by atoms with Gasteiger partial charge in [0.1, 0.15) is 0 Å². The molecule has 0 amide bonds. The molecule has 0 aliphatic heterocycles. The number of allylic oxidation sites excluding steroid dienone is 2. The highest BCUT2D eigenvalue weighted by atomic mass is 16.1. The first-order chi connectivity index (χ1) is 7.77. The van der Waals surface area contributed by atoms with E-state index >= 15 is 0 Å². The molecule has 0 radical (unpaired) electrons. The lowest BCUT2D eigenvalue weighted by molar-refractivity contribution is -0.116. The van der Waals surface area contributed by atoms with E-state index < -0.39 is 0 Å². The van der Waals surface area contributed by atoms with Gasteiger partial charge < -0.3 is 0 Å². The quantitative estimate of drug-likeness (QED) is 0.644. The third-order valence-corrected chi connectivity index (χ3v) is 4.07. The van der Waals surface area contributed by atoms with Crippen LogP contribution in [0, 0.1) is 0 Å². The Morgan fingerprint density at radius 1 is 1.12 bits per heavy atom. The Bertz CT molecular complexity index is 482. The van der Waals surface area contributed by atoms with Gasteiger partial charge in [0, 0.05) is 12.3 Å². The Kier molecular flexibility index (Phi) is 2.20. The summed E-state index contributed by atoms with van der Waals surface area (Å²) in [6, 6.07) is 8.71. The molecule has 0 heterocycles. The van der Waals surface area contributed by atoms with Crippen molar-refractivity contribution in [3.05, 3.63) is 46.5 Å². The van der Waals surface area contributed by atoms with Gasteiger partial charge in [-0.2, -0.15) is 0 Å². The van der Waals surface area contributed by atoms with E-state index in [9.17, 15) is 4.79 Å². The van der Waals surface area contributed by atoms with Crippen LogP contribution in [0.2, 0.25) is 0 Å². The molecule has 0 spiro atoms. The first-order valence-electron chi connectivity index (χ1n) is 6.08. The predicted molar refractivity (Wildman–Crippen MR) is 64.4 cm³/mol. The standard InChI is InChI=1S/C15H16O/c1-10-12-7-6-11-4-2-3-5-13(11)14(12)8-9-15(10)16/h2-5,14H,6-9H2,1H3. The average Bonchev–Trinajstić information content (AvgIpc) is 2.33. The highest BCUT2D eigenvalue weighted by molar-refractivity contribution is 5.97. The monoisotopic (exact) mass is 212 g/mol. The van der Waals surface area contributed by atoms with E-state index in [1.807, 2.05) is 6.92 Å². The number of ketones is 1. The third kappa shape index (κ3) is 1.35. The zero-order valence-corrected chi connectivity index (χ0v) is 9.62. The Hall–Kier alpha value is -1.37. The number of hydrogen-bond donors (Lipinski definition) is 0. The van der Waals surface area contributed by atoms with Crippen molar-refractivity contribution in [1.29, 1.82) is 0 Å². The molecule has 0 saturated carbocycles. The second-order valence-corrected chi connectivity index (χ2v) is 4.86. The second kappa shape index (κ2) is 3.58. The van der Waals surface area contributed by atoms with Crippen LogP contribution in [0.1, 0.15) is 43.2 Å². The molecule has 1 aromatic carbocycles. The molecule has 1 nitrogen and oxygen atoms in total. The molecule has 1 heteroatoms. The summed E-state index contributed by atoms with van der Waals surface area (Å²) in [5, 5.41) is 0. The van der Waals surface area contributed by atoms with Crippen LogP contribution < -0.4 is 0 Å². The summed E-state index contributed by atoms with van der Waals surface area (Å²) in [6.45, 7) is 2.01. The van der Waals surface area contributed by atoms with Gasteiger partial charge in [-0.05, 0) is 42.9 Å². The molecule has 1 aromatic rings. The van der Waals surface area contributed by atoms with E-state index in [1.54, 1.807) is 0 Å². The van der Waals surface area contributed by atoms with Crippen molar-refractivity contribution in [2.45, 2.75) is 38.5 Å². The predicted octanol–water partition coefficient (Wildman–Crippen LogP) is 3.40. The van der Waals surface area contributed by atoms with Crippen molar-refractivity contribution < 1.29 is 4.79 Å². The van der Waals surface area contributed by atoms with Crippen LogP contribution >= 0.6 is 0 Å². The van der Waals surface area contributed by atoms with Crippen molar-refractivity contribution in [3.8, 4) is 0 Å². The van der Waals surface area contributed by atoms with Gasteiger partial charge in [-0.3, -0.25) is 4.79 Å². The fourth-order valence-electron chi connectivity index (χ4n) is 3.15. The number of hydrogen-bond acceptors (Lipinski definition) is 1. The van der Waals surface area contributed by atoms with Crippen molar-refractivity contribution in [1.82, 2.24) is 0 Å². The van der Waals surface area contributed by atoms with Crippen LogP contribution in [-0.2, 0) is 11.2 Å². The van der Waals surface area contributed by atoms with Gasteiger partial charge in [0.25, 0.3) is 0 Å².